The normalized spacial score (nSPS) is 30.0. The molecule has 1 aromatic carbocycles. The highest BCUT2D eigenvalue weighted by Crippen LogP contribution is 2.35. The summed E-state index contributed by atoms with van der Waals surface area (Å²) in [4.78, 5) is 0. The van der Waals surface area contributed by atoms with Gasteiger partial charge < -0.3 is 11.1 Å². The van der Waals surface area contributed by atoms with Crippen LogP contribution in [0.5, 0.6) is 0 Å². The molecular weight excluding hydrogens is 196 g/mol. The lowest BCUT2D eigenvalue weighted by molar-refractivity contribution is 0.276. The van der Waals surface area contributed by atoms with Gasteiger partial charge in [0, 0.05) is 5.54 Å². The Bertz CT molecular complexity index is 362. The number of anilines is 2. The van der Waals surface area contributed by atoms with Gasteiger partial charge in [0.05, 0.1) is 11.4 Å². The van der Waals surface area contributed by atoms with E-state index in [2.05, 4.69) is 25.2 Å². The molecule has 1 saturated carbocycles. The number of nitrogens with two attached hydrogens (primary N) is 1. The van der Waals surface area contributed by atoms with E-state index in [0.29, 0.717) is 0 Å². The molecule has 2 heteroatoms. The SMILES string of the molecule is CC1CCCC(C)(Nc2ccccc2N)C1. The van der Waals surface area contributed by atoms with Crippen LogP contribution >= 0.6 is 0 Å². The molecule has 2 nitrogen and oxygen atoms in total. The molecule has 0 heterocycles. The molecule has 16 heavy (non-hydrogen) atoms. The smallest absolute Gasteiger partial charge is 0.0578 e. The molecule has 1 aliphatic carbocycles. The zero-order valence-electron chi connectivity index (χ0n) is 10.3. The second-order valence-corrected chi connectivity index (χ2v) is 5.47. The van der Waals surface area contributed by atoms with Gasteiger partial charge in [-0.2, -0.15) is 0 Å². The van der Waals surface area contributed by atoms with Crippen molar-refractivity contribution in [3.8, 4) is 0 Å². The first-order chi connectivity index (χ1) is 7.59. The lowest BCUT2D eigenvalue weighted by atomic mass is 9.77. The molecule has 0 saturated heterocycles. The number of para-hydroxylation sites is 2. The molecule has 3 N–H and O–H groups in total. The summed E-state index contributed by atoms with van der Waals surface area (Å²) in [7, 11) is 0. The molecule has 0 amide bonds. The Labute approximate surface area is 98.2 Å². The average molecular weight is 218 g/mol. The van der Waals surface area contributed by atoms with Crippen molar-refractivity contribution in [3.05, 3.63) is 24.3 Å². The molecule has 0 aromatic heterocycles. The zero-order chi connectivity index (χ0) is 11.6. The van der Waals surface area contributed by atoms with E-state index in [9.17, 15) is 0 Å². The summed E-state index contributed by atoms with van der Waals surface area (Å²) in [6.45, 7) is 4.66. The second-order valence-electron chi connectivity index (χ2n) is 5.47. The molecule has 2 unspecified atom stereocenters. The largest absolute Gasteiger partial charge is 0.397 e. The standard InChI is InChI=1S/C14H22N2/c1-11-6-5-9-14(2,10-11)16-13-8-4-3-7-12(13)15/h3-4,7-8,11,16H,5-6,9-10,15H2,1-2H3. The van der Waals surface area contributed by atoms with Crippen LogP contribution < -0.4 is 11.1 Å². The third-order valence-electron chi connectivity index (χ3n) is 3.62. The lowest BCUT2D eigenvalue weighted by Crippen LogP contribution is -2.39. The number of hydrogen-bond donors (Lipinski definition) is 2. The number of rotatable bonds is 2. The van der Waals surface area contributed by atoms with Crippen molar-refractivity contribution < 1.29 is 0 Å². The predicted molar refractivity (Wildman–Crippen MR) is 70.5 cm³/mol. The molecule has 0 bridgehead atoms. The van der Waals surface area contributed by atoms with Crippen LogP contribution in [0.15, 0.2) is 24.3 Å². The Morgan fingerprint density at radius 3 is 2.81 bits per heavy atom. The van der Waals surface area contributed by atoms with Crippen molar-refractivity contribution in [1.82, 2.24) is 0 Å². The highest BCUT2D eigenvalue weighted by atomic mass is 15.0. The summed E-state index contributed by atoms with van der Waals surface area (Å²) in [6.07, 6.45) is 5.16. The fraction of sp³-hybridized carbons (Fsp3) is 0.571. The Hall–Kier alpha value is -1.18. The van der Waals surface area contributed by atoms with Gasteiger partial charge in [-0.05, 0) is 37.8 Å². The third kappa shape index (κ3) is 2.49. The summed E-state index contributed by atoms with van der Waals surface area (Å²) >= 11 is 0. The molecule has 0 radical (unpaired) electrons. The molecule has 2 atom stereocenters. The van der Waals surface area contributed by atoms with Crippen LogP contribution in [-0.4, -0.2) is 5.54 Å². The van der Waals surface area contributed by atoms with E-state index in [1.54, 1.807) is 0 Å². The van der Waals surface area contributed by atoms with Crippen molar-refractivity contribution >= 4 is 11.4 Å². The minimum Gasteiger partial charge on any atom is -0.397 e. The summed E-state index contributed by atoms with van der Waals surface area (Å²) in [5.74, 6) is 0.816. The number of nitrogens with one attached hydrogen (secondary N) is 1. The van der Waals surface area contributed by atoms with Gasteiger partial charge in [0.25, 0.3) is 0 Å². The molecule has 1 aliphatic rings. The molecule has 2 rings (SSSR count). The molecule has 1 fully saturated rings. The van der Waals surface area contributed by atoms with Gasteiger partial charge in [-0.15, -0.1) is 0 Å². The van der Waals surface area contributed by atoms with Crippen LogP contribution in [0, 0.1) is 5.92 Å². The van der Waals surface area contributed by atoms with Crippen LogP contribution in [-0.2, 0) is 0 Å². The maximum Gasteiger partial charge on any atom is 0.0578 e. The number of benzene rings is 1. The van der Waals surface area contributed by atoms with Gasteiger partial charge in [-0.25, -0.2) is 0 Å². The maximum atomic E-state index is 5.97. The highest BCUT2D eigenvalue weighted by Gasteiger charge is 2.30. The van der Waals surface area contributed by atoms with E-state index in [1.165, 1.54) is 25.7 Å². The molecule has 88 valence electrons. The summed E-state index contributed by atoms with van der Waals surface area (Å²) in [6, 6.07) is 8.04. The van der Waals surface area contributed by atoms with Gasteiger partial charge in [0.2, 0.25) is 0 Å². The maximum absolute atomic E-state index is 5.97. The fourth-order valence-corrected chi connectivity index (χ4v) is 2.86. The highest BCUT2D eigenvalue weighted by molar-refractivity contribution is 5.66. The third-order valence-corrected chi connectivity index (χ3v) is 3.62. The van der Waals surface area contributed by atoms with E-state index in [1.807, 2.05) is 18.2 Å². The van der Waals surface area contributed by atoms with Gasteiger partial charge in [0.1, 0.15) is 0 Å². The van der Waals surface area contributed by atoms with Crippen molar-refractivity contribution in [3.63, 3.8) is 0 Å². The van der Waals surface area contributed by atoms with Crippen molar-refractivity contribution in [2.75, 3.05) is 11.1 Å². The van der Waals surface area contributed by atoms with Gasteiger partial charge in [-0.1, -0.05) is 31.9 Å². The summed E-state index contributed by atoms with van der Waals surface area (Å²) in [5.41, 5.74) is 8.12. The van der Waals surface area contributed by atoms with E-state index in [-0.39, 0.29) is 5.54 Å². The van der Waals surface area contributed by atoms with Crippen LogP contribution in [0.2, 0.25) is 0 Å². The first kappa shape index (κ1) is 11.3. The van der Waals surface area contributed by atoms with E-state index in [4.69, 9.17) is 5.73 Å². The Morgan fingerprint density at radius 1 is 1.38 bits per heavy atom. The molecule has 1 aromatic rings. The van der Waals surface area contributed by atoms with Crippen molar-refractivity contribution in [1.29, 1.82) is 0 Å². The summed E-state index contributed by atoms with van der Waals surface area (Å²) < 4.78 is 0. The first-order valence-electron chi connectivity index (χ1n) is 6.22. The zero-order valence-corrected chi connectivity index (χ0v) is 10.3. The Morgan fingerprint density at radius 2 is 2.12 bits per heavy atom. The van der Waals surface area contributed by atoms with Crippen LogP contribution in [0.25, 0.3) is 0 Å². The topological polar surface area (TPSA) is 38.0 Å². The van der Waals surface area contributed by atoms with Crippen LogP contribution in [0.1, 0.15) is 39.5 Å². The van der Waals surface area contributed by atoms with Gasteiger partial charge in [-0.3, -0.25) is 0 Å². The lowest BCUT2D eigenvalue weighted by Gasteiger charge is -2.39. The van der Waals surface area contributed by atoms with Gasteiger partial charge in [0.15, 0.2) is 0 Å². The van der Waals surface area contributed by atoms with Crippen molar-refractivity contribution in [2.45, 2.75) is 45.1 Å². The summed E-state index contributed by atoms with van der Waals surface area (Å²) in [5, 5.41) is 3.63. The van der Waals surface area contributed by atoms with Crippen LogP contribution in [0.4, 0.5) is 11.4 Å². The molecule has 0 spiro atoms. The predicted octanol–water partition coefficient (Wildman–Crippen LogP) is 3.65. The molecule has 0 aliphatic heterocycles. The fourth-order valence-electron chi connectivity index (χ4n) is 2.86. The van der Waals surface area contributed by atoms with E-state index >= 15 is 0 Å². The Balaban J connectivity index is 2.11. The number of nitrogen functional groups attached to an aromatic ring is 1. The van der Waals surface area contributed by atoms with E-state index in [0.717, 1.165) is 17.3 Å². The van der Waals surface area contributed by atoms with Crippen LogP contribution in [0.3, 0.4) is 0 Å². The monoisotopic (exact) mass is 218 g/mol. The van der Waals surface area contributed by atoms with Gasteiger partial charge >= 0.3 is 0 Å². The first-order valence-corrected chi connectivity index (χ1v) is 6.22. The van der Waals surface area contributed by atoms with E-state index < -0.39 is 0 Å². The number of hydrogen-bond acceptors (Lipinski definition) is 2. The van der Waals surface area contributed by atoms with Crippen molar-refractivity contribution in [2.24, 2.45) is 5.92 Å². The second kappa shape index (κ2) is 4.36. The quantitative estimate of drug-likeness (QED) is 0.744. The molecular formula is C14H22N2. The average Bonchev–Trinajstić information content (AvgIpc) is 2.21. The minimum absolute atomic E-state index is 0.215. The Kier molecular flexibility index (Phi) is 3.08. The minimum atomic E-state index is 0.215.